The molecule has 2 atom stereocenters. The molecule has 3 nitrogen and oxygen atoms in total. The summed E-state index contributed by atoms with van der Waals surface area (Å²) in [6.07, 6.45) is -0.983. The van der Waals surface area contributed by atoms with Gasteiger partial charge in [0.25, 0.3) is 0 Å². The SMILES string of the molecule is Cc1ccc(C(C(C)O)S(=O)(=O)c2ccccc2)cc1. The summed E-state index contributed by atoms with van der Waals surface area (Å²) >= 11 is 0. The van der Waals surface area contributed by atoms with Crippen molar-refractivity contribution in [1.29, 1.82) is 0 Å². The number of rotatable bonds is 4. The highest BCUT2D eigenvalue weighted by atomic mass is 32.2. The van der Waals surface area contributed by atoms with E-state index in [9.17, 15) is 13.5 Å². The normalized spacial score (nSPS) is 14.8. The molecule has 0 aliphatic rings. The maximum atomic E-state index is 12.7. The molecule has 0 fully saturated rings. The maximum Gasteiger partial charge on any atom is 0.187 e. The van der Waals surface area contributed by atoms with Gasteiger partial charge in [-0.2, -0.15) is 0 Å². The summed E-state index contributed by atoms with van der Waals surface area (Å²) in [5.74, 6) is 0. The van der Waals surface area contributed by atoms with Crippen molar-refractivity contribution in [1.82, 2.24) is 0 Å². The molecule has 2 aromatic carbocycles. The Bertz CT molecular complexity index is 659. The lowest BCUT2D eigenvalue weighted by atomic mass is 10.1. The molecule has 20 heavy (non-hydrogen) atoms. The quantitative estimate of drug-likeness (QED) is 0.942. The minimum Gasteiger partial charge on any atom is -0.392 e. The Labute approximate surface area is 119 Å². The zero-order valence-electron chi connectivity index (χ0n) is 11.5. The van der Waals surface area contributed by atoms with Crippen molar-refractivity contribution in [3.8, 4) is 0 Å². The van der Waals surface area contributed by atoms with E-state index >= 15 is 0 Å². The molecule has 0 radical (unpaired) electrons. The standard InChI is InChI=1S/C16H18O3S/c1-12-8-10-14(11-9-12)16(13(2)17)20(18,19)15-6-4-3-5-7-15/h3-11,13,16-17H,1-2H3. The Morgan fingerprint density at radius 1 is 0.950 bits per heavy atom. The second-order valence-electron chi connectivity index (χ2n) is 4.93. The van der Waals surface area contributed by atoms with Crippen LogP contribution in [0.5, 0.6) is 0 Å². The average molecular weight is 290 g/mol. The molecular formula is C16H18O3S. The van der Waals surface area contributed by atoms with E-state index in [1.165, 1.54) is 6.92 Å². The van der Waals surface area contributed by atoms with E-state index in [1.54, 1.807) is 42.5 Å². The van der Waals surface area contributed by atoms with Crippen molar-refractivity contribution >= 4 is 9.84 Å². The van der Waals surface area contributed by atoms with E-state index in [2.05, 4.69) is 0 Å². The molecular weight excluding hydrogens is 272 g/mol. The minimum absolute atomic E-state index is 0.228. The van der Waals surface area contributed by atoms with E-state index in [0.29, 0.717) is 5.56 Å². The van der Waals surface area contributed by atoms with Crippen LogP contribution in [0.1, 0.15) is 23.3 Å². The third kappa shape index (κ3) is 2.92. The molecule has 0 heterocycles. The summed E-state index contributed by atoms with van der Waals surface area (Å²) in [5, 5.41) is 9.00. The molecule has 0 saturated carbocycles. The van der Waals surface area contributed by atoms with E-state index in [1.807, 2.05) is 19.1 Å². The van der Waals surface area contributed by atoms with Crippen LogP contribution in [0.4, 0.5) is 0 Å². The Hall–Kier alpha value is -1.65. The molecule has 0 aliphatic carbocycles. The maximum absolute atomic E-state index is 12.7. The molecule has 0 amide bonds. The summed E-state index contributed by atoms with van der Waals surface area (Å²) in [5.41, 5.74) is 1.66. The number of aliphatic hydroxyl groups is 1. The number of hydrogen-bond acceptors (Lipinski definition) is 3. The van der Waals surface area contributed by atoms with E-state index in [4.69, 9.17) is 0 Å². The monoisotopic (exact) mass is 290 g/mol. The van der Waals surface area contributed by atoms with Crippen molar-refractivity contribution in [3.63, 3.8) is 0 Å². The number of sulfone groups is 1. The van der Waals surface area contributed by atoms with Crippen molar-refractivity contribution in [2.24, 2.45) is 0 Å². The van der Waals surface area contributed by atoms with Gasteiger partial charge in [-0.3, -0.25) is 0 Å². The number of aliphatic hydroxyl groups excluding tert-OH is 1. The smallest absolute Gasteiger partial charge is 0.187 e. The average Bonchev–Trinajstić information content (AvgIpc) is 2.41. The van der Waals surface area contributed by atoms with Gasteiger partial charge < -0.3 is 5.11 Å². The molecule has 2 unspecified atom stereocenters. The van der Waals surface area contributed by atoms with E-state index < -0.39 is 21.2 Å². The third-order valence-electron chi connectivity index (χ3n) is 3.25. The summed E-state index contributed by atoms with van der Waals surface area (Å²) in [6, 6.07) is 15.5. The molecule has 4 heteroatoms. The first-order valence-electron chi connectivity index (χ1n) is 6.46. The van der Waals surface area contributed by atoms with Crippen LogP contribution in [-0.2, 0) is 9.84 Å². The first-order chi connectivity index (χ1) is 9.43. The second-order valence-corrected chi connectivity index (χ2v) is 7.00. The van der Waals surface area contributed by atoms with Gasteiger partial charge in [-0.05, 0) is 31.5 Å². The van der Waals surface area contributed by atoms with Gasteiger partial charge in [-0.1, -0.05) is 48.0 Å². The molecule has 2 rings (SSSR count). The van der Waals surface area contributed by atoms with Crippen LogP contribution in [0.2, 0.25) is 0 Å². The Kier molecular flexibility index (Phi) is 4.26. The predicted molar refractivity (Wildman–Crippen MR) is 79.2 cm³/mol. The first kappa shape index (κ1) is 14.8. The van der Waals surface area contributed by atoms with Gasteiger partial charge in [-0.25, -0.2) is 8.42 Å². The van der Waals surface area contributed by atoms with Crippen LogP contribution in [0, 0.1) is 6.92 Å². The fraction of sp³-hybridized carbons (Fsp3) is 0.250. The second kappa shape index (κ2) is 5.77. The summed E-state index contributed by atoms with van der Waals surface area (Å²) in [4.78, 5) is 0.228. The van der Waals surface area contributed by atoms with E-state index in [0.717, 1.165) is 5.56 Å². The third-order valence-corrected chi connectivity index (χ3v) is 5.51. The summed E-state index contributed by atoms with van der Waals surface area (Å²) in [7, 11) is -3.62. The van der Waals surface area contributed by atoms with Gasteiger partial charge in [0.1, 0.15) is 5.25 Å². The molecule has 0 bridgehead atoms. The fourth-order valence-electron chi connectivity index (χ4n) is 2.23. The Morgan fingerprint density at radius 3 is 2.00 bits per heavy atom. The number of benzene rings is 2. The molecule has 1 N–H and O–H groups in total. The summed E-state index contributed by atoms with van der Waals surface area (Å²) < 4.78 is 25.4. The highest BCUT2D eigenvalue weighted by Gasteiger charge is 2.32. The molecule has 0 spiro atoms. The highest BCUT2D eigenvalue weighted by molar-refractivity contribution is 7.91. The number of hydrogen-bond donors (Lipinski definition) is 1. The van der Waals surface area contributed by atoms with Crippen LogP contribution < -0.4 is 0 Å². The van der Waals surface area contributed by atoms with Gasteiger partial charge in [0, 0.05) is 0 Å². The van der Waals surface area contributed by atoms with Crippen LogP contribution in [0.15, 0.2) is 59.5 Å². The molecule has 106 valence electrons. The predicted octanol–water partition coefficient (Wildman–Crippen LogP) is 2.89. The zero-order chi connectivity index (χ0) is 14.8. The van der Waals surface area contributed by atoms with Crippen molar-refractivity contribution in [2.45, 2.75) is 30.1 Å². The van der Waals surface area contributed by atoms with Crippen molar-refractivity contribution in [3.05, 3.63) is 65.7 Å². The molecule has 0 aliphatic heterocycles. The van der Waals surface area contributed by atoms with Crippen molar-refractivity contribution < 1.29 is 13.5 Å². The largest absolute Gasteiger partial charge is 0.392 e. The highest BCUT2D eigenvalue weighted by Crippen LogP contribution is 2.31. The first-order valence-corrected chi connectivity index (χ1v) is 8.01. The van der Waals surface area contributed by atoms with Crippen LogP contribution in [-0.4, -0.2) is 19.6 Å². The van der Waals surface area contributed by atoms with Gasteiger partial charge in [-0.15, -0.1) is 0 Å². The van der Waals surface area contributed by atoms with Gasteiger partial charge in [0.15, 0.2) is 9.84 Å². The van der Waals surface area contributed by atoms with E-state index in [-0.39, 0.29) is 4.90 Å². The zero-order valence-corrected chi connectivity index (χ0v) is 12.3. The lowest BCUT2D eigenvalue weighted by molar-refractivity contribution is 0.188. The molecule has 0 aromatic heterocycles. The van der Waals surface area contributed by atoms with Gasteiger partial charge in [0.2, 0.25) is 0 Å². The minimum atomic E-state index is -3.62. The molecule has 2 aromatic rings. The van der Waals surface area contributed by atoms with Crippen LogP contribution in [0.3, 0.4) is 0 Å². The molecule has 0 saturated heterocycles. The van der Waals surface area contributed by atoms with Gasteiger partial charge in [0.05, 0.1) is 11.0 Å². The van der Waals surface area contributed by atoms with Crippen LogP contribution >= 0.6 is 0 Å². The topological polar surface area (TPSA) is 54.4 Å². The van der Waals surface area contributed by atoms with Crippen molar-refractivity contribution in [2.75, 3.05) is 0 Å². The summed E-state index contributed by atoms with van der Waals surface area (Å²) in [6.45, 7) is 3.44. The lowest BCUT2D eigenvalue weighted by Crippen LogP contribution is -2.24. The Morgan fingerprint density at radius 2 is 1.50 bits per heavy atom. The fourth-order valence-corrected chi connectivity index (χ4v) is 4.09. The number of aryl methyl sites for hydroxylation is 1. The Balaban J connectivity index is 2.52. The van der Waals surface area contributed by atoms with Gasteiger partial charge >= 0.3 is 0 Å². The van der Waals surface area contributed by atoms with Crippen LogP contribution in [0.25, 0.3) is 0 Å². The lowest BCUT2D eigenvalue weighted by Gasteiger charge is -2.21.